The molecule has 0 saturated heterocycles. The van der Waals surface area contributed by atoms with Crippen molar-refractivity contribution in [2.24, 2.45) is 0 Å². The lowest BCUT2D eigenvalue weighted by Crippen LogP contribution is -2.22. The number of aromatic nitrogens is 1. The lowest BCUT2D eigenvalue weighted by Gasteiger charge is -2.17. The number of pyridine rings is 1. The fraction of sp³-hybridized carbons (Fsp3) is 0.444. The van der Waals surface area contributed by atoms with E-state index in [9.17, 15) is 4.79 Å². The molecule has 0 amide bonds. The molecule has 0 N–H and O–H groups in total. The lowest BCUT2D eigenvalue weighted by molar-refractivity contribution is 0.0223. The quantitative estimate of drug-likeness (QED) is 0.260. The van der Waals surface area contributed by atoms with Gasteiger partial charge in [-0.25, -0.2) is 9.78 Å². The summed E-state index contributed by atoms with van der Waals surface area (Å²) in [5, 5.41) is 0.720. The van der Waals surface area contributed by atoms with Gasteiger partial charge in [0.05, 0.1) is 24.2 Å². The van der Waals surface area contributed by atoms with Gasteiger partial charge in [0.1, 0.15) is 11.5 Å². The van der Waals surface area contributed by atoms with Crippen molar-refractivity contribution < 1.29 is 23.7 Å². The van der Waals surface area contributed by atoms with Crippen molar-refractivity contribution in [1.82, 2.24) is 4.98 Å². The van der Waals surface area contributed by atoms with Gasteiger partial charge in [-0.1, -0.05) is 19.6 Å². The first-order chi connectivity index (χ1) is 12.3. The van der Waals surface area contributed by atoms with Gasteiger partial charge in [-0.15, -0.1) is 0 Å². The summed E-state index contributed by atoms with van der Waals surface area (Å²) in [5.41, 5.74) is 0.758. The Balaban J connectivity index is 2.31. The molecule has 2 aromatic rings. The SMILES string of the molecule is COC(=O)c1nc2ccc(OC)cc2c(OCOCC[Si](C)(C)C)c1Br. The number of carbonyl (C=O) groups excluding carboxylic acids is 1. The Bertz CT molecular complexity index is 791. The first kappa shape index (κ1) is 20.7. The normalized spacial score (nSPS) is 11.5. The van der Waals surface area contributed by atoms with Crippen LogP contribution in [-0.4, -0.2) is 46.6 Å². The number of hydrogen-bond donors (Lipinski definition) is 0. The fourth-order valence-electron chi connectivity index (χ4n) is 2.23. The van der Waals surface area contributed by atoms with Crippen LogP contribution >= 0.6 is 15.9 Å². The van der Waals surface area contributed by atoms with Crippen LogP contribution in [0.4, 0.5) is 0 Å². The third kappa shape index (κ3) is 5.18. The summed E-state index contributed by atoms with van der Waals surface area (Å²) in [7, 11) is 1.74. The van der Waals surface area contributed by atoms with Crippen LogP contribution in [-0.2, 0) is 9.47 Å². The molecule has 0 atom stereocenters. The number of fused-ring (bicyclic) bond motifs is 1. The van der Waals surface area contributed by atoms with E-state index in [-0.39, 0.29) is 12.5 Å². The Hall–Kier alpha value is -1.64. The summed E-state index contributed by atoms with van der Waals surface area (Å²) >= 11 is 3.41. The summed E-state index contributed by atoms with van der Waals surface area (Å²) in [6.07, 6.45) is 0. The van der Waals surface area contributed by atoms with Gasteiger partial charge in [-0.2, -0.15) is 0 Å². The molecule has 142 valence electrons. The highest BCUT2D eigenvalue weighted by Gasteiger charge is 2.21. The maximum atomic E-state index is 12.0. The van der Waals surface area contributed by atoms with Crippen LogP contribution in [0, 0.1) is 0 Å². The van der Waals surface area contributed by atoms with Gasteiger partial charge in [0.2, 0.25) is 0 Å². The zero-order chi connectivity index (χ0) is 19.3. The van der Waals surface area contributed by atoms with E-state index in [4.69, 9.17) is 18.9 Å². The van der Waals surface area contributed by atoms with Crippen molar-refractivity contribution in [3.8, 4) is 11.5 Å². The molecule has 0 unspecified atom stereocenters. The van der Waals surface area contributed by atoms with Crippen molar-refractivity contribution in [2.75, 3.05) is 27.6 Å². The van der Waals surface area contributed by atoms with Crippen LogP contribution in [0.2, 0.25) is 25.7 Å². The Morgan fingerprint density at radius 1 is 1.23 bits per heavy atom. The average Bonchev–Trinajstić information content (AvgIpc) is 2.60. The van der Waals surface area contributed by atoms with Gasteiger partial charge < -0.3 is 18.9 Å². The molecule has 2 rings (SSSR count). The second-order valence-corrected chi connectivity index (χ2v) is 13.4. The molecule has 0 saturated carbocycles. The first-order valence-electron chi connectivity index (χ1n) is 8.23. The van der Waals surface area contributed by atoms with E-state index < -0.39 is 14.0 Å². The summed E-state index contributed by atoms with van der Waals surface area (Å²) in [5.74, 6) is 0.600. The van der Waals surface area contributed by atoms with Crippen molar-refractivity contribution in [3.63, 3.8) is 0 Å². The van der Waals surface area contributed by atoms with E-state index in [1.165, 1.54) is 7.11 Å². The van der Waals surface area contributed by atoms with Crippen LogP contribution in [0.5, 0.6) is 11.5 Å². The van der Waals surface area contributed by atoms with E-state index in [1.807, 2.05) is 6.07 Å². The van der Waals surface area contributed by atoms with Gasteiger partial charge in [-0.05, 0) is 40.2 Å². The van der Waals surface area contributed by atoms with Crippen LogP contribution in [0.1, 0.15) is 10.5 Å². The Morgan fingerprint density at radius 3 is 2.58 bits per heavy atom. The number of ether oxygens (including phenoxy) is 4. The first-order valence-corrected chi connectivity index (χ1v) is 12.7. The molecule has 26 heavy (non-hydrogen) atoms. The molecule has 0 bridgehead atoms. The summed E-state index contributed by atoms with van der Waals surface area (Å²) in [6.45, 7) is 7.60. The van der Waals surface area contributed by atoms with Crippen LogP contribution < -0.4 is 9.47 Å². The molecule has 0 aliphatic heterocycles. The molecule has 0 aliphatic carbocycles. The number of benzene rings is 1. The topological polar surface area (TPSA) is 66.9 Å². The smallest absolute Gasteiger partial charge is 0.358 e. The molecule has 0 spiro atoms. The molecule has 1 aromatic carbocycles. The highest BCUT2D eigenvalue weighted by atomic mass is 79.9. The molecule has 0 radical (unpaired) electrons. The Labute approximate surface area is 162 Å². The Morgan fingerprint density at radius 2 is 1.96 bits per heavy atom. The number of nitrogens with zero attached hydrogens (tertiary/aromatic N) is 1. The van der Waals surface area contributed by atoms with E-state index in [0.29, 0.717) is 28.1 Å². The molecule has 0 aliphatic rings. The van der Waals surface area contributed by atoms with Crippen molar-refractivity contribution >= 4 is 40.9 Å². The molecular weight excluding hydrogens is 418 g/mol. The van der Waals surface area contributed by atoms with Gasteiger partial charge >= 0.3 is 5.97 Å². The zero-order valence-electron chi connectivity index (χ0n) is 15.7. The van der Waals surface area contributed by atoms with Gasteiger partial charge in [0.25, 0.3) is 0 Å². The van der Waals surface area contributed by atoms with E-state index in [2.05, 4.69) is 40.6 Å². The fourth-order valence-corrected chi connectivity index (χ4v) is 3.56. The summed E-state index contributed by atoms with van der Waals surface area (Å²) in [4.78, 5) is 16.4. The number of carbonyl (C=O) groups is 1. The molecule has 0 fully saturated rings. The predicted octanol–water partition coefficient (Wildman–Crippen LogP) is 4.48. The van der Waals surface area contributed by atoms with Gasteiger partial charge in [0, 0.05) is 20.1 Å². The van der Waals surface area contributed by atoms with Crippen molar-refractivity contribution in [2.45, 2.75) is 25.7 Å². The zero-order valence-corrected chi connectivity index (χ0v) is 18.3. The molecule has 8 heteroatoms. The van der Waals surface area contributed by atoms with E-state index in [1.54, 1.807) is 19.2 Å². The number of hydrogen-bond acceptors (Lipinski definition) is 6. The molecular formula is C18H24BrNO5Si. The minimum atomic E-state index is -1.16. The minimum absolute atomic E-state index is 0.0833. The maximum Gasteiger partial charge on any atom is 0.358 e. The second-order valence-electron chi connectivity index (χ2n) is 6.96. The second kappa shape index (κ2) is 8.83. The average molecular weight is 442 g/mol. The monoisotopic (exact) mass is 441 g/mol. The third-order valence-corrected chi connectivity index (χ3v) is 6.19. The van der Waals surface area contributed by atoms with Crippen molar-refractivity contribution in [3.05, 3.63) is 28.4 Å². The lowest BCUT2D eigenvalue weighted by atomic mass is 10.1. The number of methoxy groups -OCH3 is 2. The number of rotatable bonds is 8. The number of halogens is 1. The standard InChI is InChI=1S/C18H24BrNO5Si/c1-22-12-6-7-14-13(10-12)17(15(19)16(20-14)18(21)23-2)25-11-24-8-9-26(3,4)5/h6-7,10H,8-9,11H2,1-5H3. The molecule has 1 aromatic heterocycles. The summed E-state index contributed by atoms with van der Waals surface area (Å²) in [6, 6.07) is 6.41. The van der Waals surface area contributed by atoms with E-state index >= 15 is 0 Å². The highest BCUT2D eigenvalue weighted by molar-refractivity contribution is 9.10. The van der Waals surface area contributed by atoms with Gasteiger partial charge in [-0.3, -0.25) is 0 Å². The van der Waals surface area contributed by atoms with Crippen LogP contribution in [0.3, 0.4) is 0 Å². The minimum Gasteiger partial charge on any atom is -0.497 e. The molecule has 1 heterocycles. The van der Waals surface area contributed by atoms with Crippen molar-refractivity contribution in [1.29, 1.82) is 0 Å². The largest absolute Gasteiger partial charge is 0.497 e. The third-order valence-electron chi connectivity index (χ3n) is 3.75. The predicted molar refractivity (Wildman–Crippen MR) is 107 cm³/mol. The van der Waals surface area contributed by atoms with E-state index in [0.717, 1.165) is 11.4 Å². The number of esters is 1. The highest BCUT2D eigenvalue weighted by Crippen LogP contribution is 2.37. The van der Waals surface area contributed by atoms with Crippen LogP contribution in [0.25, 0.3) is 10.9 Å². The Kier molecular flexibility index (Phi) is 7.02. The summed E-state index contributed by atoms with van der Waals surface area (Å²) < 4.78 is 22.0. The van der Waals surface area contributed by atoms with Crippen LogP contribution in [0.15, 0.2) is 22.7 Å². The molecule has 6 nitrogen and oxygen atoms in total. The van der Waals surface area contributed by atoms with Gasteiger partial charge in [0.15, 0.2) is 12.5 Å². The maximum absolute atomic E-state index is 12.0.